The number of H-pyrrole nitrogens is 2. The number of anilines is 1. The first-order valence-electron chi connectivity index (χ1n) is 14.7. The van der Waals surface area contributed by atoms with Gasteiger partial charge in [-0.25, -0.2) is 22.5 Å². The lowest BCUT2D eigenvalue weighted by atomic mass is 10.0. The number of aliphatic hydroxyl groups excluding tert-OH is 1. The summed E-state index contributed by atoms with van der Waals surface area (Å²) in [5, 5.41) is 23.1. The molecule has 11 nitrogen and oxygen atoms in total. The van der Waals surface area contributed by atoms with E-state index in [4.69, 9.17) is 0 Å². The molecule has 0 bridgehead atoms. The molecule has 5 aromatic heterocycles. The van der Waals surface area contributed by atoms with E-state index in [1.807, 2.05) is 18.2 Å². The van der Waals surface area contributed by atoms with E-state index in [2.05, 4.69) is 40.2 Å². The van der Waals surface area contributed by atoms with Gasteiger partial charge in [0.2, 0.25) is 10.0 Å². The second kappa shape index (κ2) is 11.7. The van der Waals surface area contributed by atoms with Gasteiger partial charge in [-0.3, -0.25) is 15.1 Å². The molecule has 0 saturated heterocycles. The lowest BCUT2D eigenvalue weighted by Gasteiger charge is -2.20. The molecule has 1 fully saturated rings. The number of halogens is 1. The number of nitrogens with zero attached hydrogens (tertiary/aromatic N) is 4. The highest BCUT2D eigenvalue weighted by atomic mass is 32.2. The molecule has 5 N–H and O–H groups in total. The molecule has 7 rings (SSSR count). The summed E-state index contributed by atoms with van der Waals surface area (Å²) in [6.45, 7) is -0.0264. The average Bonchev–Trinajstić information content (AvgIpc) is 3.79. The summed E-state index contributed by atoms with van der Waals surface area (Å²) in [6, 6.07) is 12.1. The first kappa shape index (κ1) is 29.0. The molecule has 1 aromatic carbocycles. The van der Waals surface area contributed by atoms with Crippen LogP contribution in [0.3, 0.4) is 0 Å². The normalized spacial score (nSPS) is 14.8. The molecule has 0 aliphatic heterocycles. The van der Waals surface area contributed by atoms with Crippen molar-refractivity contribution in [3.05, 3.63) is 78.6 Å². The second-order valence-corrected chi connectivity index (χ2v) is 13.4. The van der Waals surface area contributed by atoms with Gasteiger partial charge in [0.15, 0.2) is 0 Å². The molecule has 1 aliphatic carbocycles. The fraction of sp³-hybridized carbons (Fsp3) is 0.250. The SMILES string of the molecule is CS(=O)(=O)NCc1cc(F)cc(-c2ccnc3[nH]c(-c4n[nH]c5cnc(-c6cncc(NC(O)C7CCCC7)c6)cc45)cc23)c1. The van der Waals surface area contributed by atoms with Crippen LogP contribution in [-0.2, 0) is 16.6 Å². The van der Waals surface area contributed by atoms with Crippen molar-refractivity contribution in [2.45, 2.75) is 38.5 Å². The minimum absolute atomic E-state index is 0.0264. The van der Waals surface area contributed by atoms with Crippen LogP contribution in [0.15, 0.2) is 67.3 Å². The maximum atomic E-state index is 14.6. The molecule has 0 amide bonds. The quantitative estimate of drug-likeness (QED) is 0.134. The molecule has 1 unspecified atom stereocenters. The summed E-state index contributed by atoms with van der Waals surface area (Å²) in [6.07, 6.45) is 11.5. The third-order valence-electron chi connectivity index (χ3n) is 8.24. The average molecular weight is 627 g/mol. The Hall–Kier alpha value is -4.72. The second-order valence-electron chi connectivity index (χ2n) is 11.5. The van der Waals surface area contributed by atoms with E-state index in [1.165, 1.54) is 12.1 Å². The van der Waals surface area contributed by atoms with E-state index in [-0.39, 0.29) is 12.5 Å². The first-order chi connectivity index (χ1) is 21.7. The van der Waals surface area contributed by atoms with Crippen LogP contribution in [0, 0.1) is 11.7 Å². The van der Waals surface area contributed by atoms with Crippen LogP contribution in [0.4, 0.5) is 10.1 Å². The van der Waals surface area contributed by atoms with Gasteiger partial charge in [0.05, 0.1) is 41.2 Å². The van der Waals surface area contributed by atoms with E-state index in [9.17, 15) is 17.9 Å². The summed E-state index contributed by atoms with van der Waals surface area (Å²) in [5.74, 6) is -0.235. The molecule has 230 valence electrons. The van der Waals surface area contributed by atoms with Gasteiger partial charge in [0.1, 0.15) is 23.4 Å². The highest BCUT2D eigenvalue weighted by molar-refractivity contribution is 7.88. The van der Waals surface area contributed by atoms with Gasteiger partial charge in [0, 0.05) is 41.2 Å². The number of benzene rings is 1. The fourth-order valence-corrected chi connectivity index (χ4v) is 6.46. The summed E-state index contributed by atoms with van der Waals surface area (Å²) >= 11 is 0. The van der Waals surface area contributed by atoms with Crippen molar-refractivity contribution < 1.29 is 17.9 Å². The molecule has 45 heavy (non-hydrogen) atoms. The van der Waals surface area contributed by atoms with Crippen LogP contribution in [0.5, 0.6) is 0 Å². The van der Waals surface area contributed by atoms with Gasteiger partial charge in [-0.1, -0.05) is 12.8 Å². The Labute approximate surface area is 258 Å². The van der Waals surface area contributed by atoms with Crippen molar-refractivity contribution in [1.82, 2.24) is 34.9 Å². The summed E-state index contributed by atoms with van der Waals surface area (Å²) in [4.78, 5) is 16.8. The van der Waals surface area contributed by atoms with E-state index in [0.29, 0.717) is 33.9 Å². The van der Waals surface area contributed by atoms with E-state index in [0.717, 1.165) is 65.0 Å². The van der Waals surface area contributed by atoms with E-state index < -0.39 is 22.1 Å². The Morgan fingerprint density at radius 1 is 1.02 bits per heavy atom. The van der Waals surface area contributed by atoms with Crippen LogP contribution < -0.4 is 10.0 Å². The number of sulfonamides is 1. The van der Waals surface area contributed by atoms with Crippen molar-refractivity contribution in [1.29, 1.82) is 0 Å². The number of hydrogen-bond acceptors (Lipinski definition) is 8. The molecule has 1 atom stereocenters. The molecule has 0 radical (unpaired) electrons. The van der Waals surface area contributed by atoms with Gasteiger partial charge in [0.25, 0.3) is 0 Å². The zero-order chi connectivity index (χ0) is 31.1. The predicted octanol–water partition coefficient (Wildman–Crippen LogP) is 5.34. The number of aromatic nitrogens is 6. The zero-order valence-electron chi connectivity index (χ0n) is 24.4. The first-order valence-corrected chi connectivity index (χ1v) is 16.6. The van der Waals surface area contributed by atoms with Crippen LogP contribution in [-0.4, -0.2) is 56.1 Å². The largest absolute Gasteiger partial charge is 0.374 e. The molecule has 0 spiro atoms. The van der Waals surface area contributed by atoms with Crippen LogP contribution in [0.25, 0.3) is 55.7 Å². The maximum Gasteiger partial charge on any atom is 0.209 e. The van der Waals surface area contributed by atoms with Crippen molar-refractivity contribution in [2.24, 2.45) is 5.92 Å². The van der Waals surface area contributed by atoms with Crippen molar-refractivity contribution in [3.8, 4) is 33.8 Å². The summed E-state index contributed by atoms with van der Waals surface area (Å²) < 4.78 is 40.2. The molecule has 13 heteroatoms. The highest BCUT2D eigenvalue weighted by Gasteiger charge is 2.23. The van der Waals surface area contributed by atoms with Crippen molar-refractivity contribution >= 4 is 37.6 Å². The summed E-state index contributed by atoms with van der Waals surface area (Å²) in [5.41, 5.74) is 6.74. The Morgan fingerprint density at radius 3 is 2.69 bits per heavy atom. The molecular weight excluding hydrogens is 595 g/mol. The van der Waals surface area contributed by atoms with Crippen LogP contribution in [0.2, 0.25) is 0 Å². The number of aliphatic hydroxyl groups is 1. The number of aromatic amines is 2. The number of fused-ring (bicyclic) bond motifs is 2. The minimum atomic E-state index is -3.44. The smallest absolute Gasteiger partial charge is 0.209 e. The maximum absolute atomic E-state index is 14.6. The zero-order valence-corrected chi connectivity index (χ0v) is 25.2. The van der Waals surface area contributed by atoms with Crippen molar-refractivity contribution in [3.63, 3.8) is 0 Å². The monoisotopic (exact) mass is 626 g/mol. The molecule has 1 saturated carbocycles. The molecule has 5 heterocycles. The standard InChI is InChI=1S/C32H31FN8O3S/c1-45(43,44)37-14-18-8-20(10-22(33)9-18)24-6-7-35-31-25(24)12-28(39-31)30-26-13-27(36-17-29(26)40-41-30)21-11-23(16-34-15-21)38-32(42)19-4-2-3-5-19/h6-13,15-17,19,32,37-38,42H,2-5,14H2,1H3,(H,35,39)(H,40,41). The predicted molar refractivity (Wildman–Crippen MR) is 171 cm³/mol. The molecule has 6 aromatic rings. The topological polar surface area (TPSA) is 162 Å². The Balaban J connectivity index is 1.22. The molecular formula is C32H31FN8O3S. The number of nitrogens with one attached hydrogen (secondary N) is 4. The van der Waals surface area contributed by atoms with Gasteiger partial charge in [-0.2, -0.15) is 5.10 Å². The van der Waals surface area contributed by atoms with E-state index >= 15 is 0 Å². The number of rotatable bonds is 9. The number of hydrogen-bond donors (Lipinski definition) is 5. The minimum Gasteiger partial charge on any atom is -0.374 e. The van der Waals surface area contributed by atoms with Gasteiger partial charge in [-0.05, 0) is 72.0 Å². The third kappa shape index (κ3) is 6.14. The lowest BCUT2D eigenvalue weighted by Crippen LogP contribution is -2.26. The van der Waals surface area contributed by atoms with Gasteiger partial charge >= 0.3 is 0 Å². The van der Waals surface area contributed by atoms with Crippen LogP contribution in [0.1, 0.15) is 31.2 Å². The van der Waals surface area contributed by atoms with Gasteiger partial charge in [-0.15, -0.1) is 0 Å². The van der Waals surface area contributed by atoms with E-state index in [1.54, 1.807) is 36.9 Å². The fourth-order valence-electron chi connectivity index (χ4n) is 6.03. The highest BCUT2D eigenvalue weighted by Crippen LogP contribution is 2.35. The Bertz CT molecular complexity index is 2140. The lowest BCUT2D eigenvalue weighted by molar-refractivity contribution is 0.137. The molecule has 1 aliphatic rings. The van der Waals surface area contributed by atoms with Gasteiger partial charge < -0.3 is 15.4 Å². The Kier molecular flexibility index (Phi) is 7.51. The Morgan fingerprint density at radius 2 is 1.87 bits per heavy atom. The van der Waals surface area contributed by atoms with Crippen LogP contribution >= 0.6 is 0 Å². The third-order valence-corrected chi connectivity index (χ3v) is 8.90. The summed E-state index contributed by atoms with van der Waals surface area (Å²) in [7, 11) is -3.44. The van der Waals surface area contributed by atoms with Crippen molar-refractivity contribution in [2.75, 3.05) is 11.6 Å². The number of pyridine rings is 3.